The van der Waals surface area contributed by atoms with Crippen molar-refractivity contribution in [3.63, 3.8) is 0 Å². The molecule has 102 valence electrons. The molecule has 0 amide bonds. The minimum Gasteiger partial charge on any atom is -0.439 e. The molecule has 6 nitrogen and oxygen atoms in total. The first kappa shape index (κ1) is 12.6. The zero-order chi connectivity index (χ0) is 13.8. The van der Waals surface area contributed by atoms with E-state index in [2.05, 4.69) is 20.6 Å². The van der Waals surface area contributed by atoms with Crippen molar-refractivity contribution < 1.29 is 4.42 Å². The van der Waals surface area contributed by atoms with Crippen LogP contribution in [0.5, 0.6) is 0 Å². The maximum absolute atomic E-state index is 5.73. The first-order valence-corrected chi connectivity index (χ1v) is 6.39. The maximum Gasteiger partial charge on any atom is 0.216 e. The molecule has 20 heavy (non-hydrogen) atoms. The van der Waals surface area contributed by atoms with Crippen LogP contribution in [0.2, 0.25) is 0 Å². The number of rotatable bonds is 5. The second-order valence-electron chi connectivity index (χ2n) is 4.42. The van der Waals surface area contributed by atoms with Gasteiger partial charge in [-0.2, -0.15) is 0 Å². The molecule has 0 bridgehead atoms. The average Bonchev–Trinajstić information content (AvgIpc) is 3.11. The molecule has 2 heterocycles. The first-order chi connectivity index (χ1) is 9.85. The number of nitrogens with one attached hydrogen (secondary N) is 1. The van der Waals surface area contributed by atoms with Gasteiger partial charge in [-0.1, -0.05) is 35.5 Å². The van der Waals surface area contributed by atoms with Crippen molar-refractivity contribution in [3.05, 3.63) is 54.3 Å². The maximum atomic E-state index is 5.73. The van der Waals surface area contributed by atoms with Crippen LogP contribution < -0.4 is 5.32 Å². The predicted octanol–water partition coefficient (Wildman–Crippen LogP) is 1.70. The topological polar surface area (TPSA) is 68.8 Å². The van der Waals surface area contributed by atoms with Crippen molar-refractivity contribution in [2.24, 2.45) is 0 Å². The number of hydrogen-bond donors (Lipinski definition) is 1. The summed E-state index contributed by atoms with van der Waals surface area (Å²) in [5, 5.41) is 11.1. The quantitative estimate of drug-likeness (QED) is 0.763. The van der Waals surface area contributed by atoms with Gasteiger partial charge in [0, 0.05) is 12.1 Å². The van der Waals surface area contributed by atoms with Crippen LogP contribution in [0.3, 0.4) is 0 Å². The summed E-state index contributed by atoms with van der Waals surface area (Å²) in [7, 11) is 1.87. The highest BCUT2D eigenvalue weighted by molar-refractivity contribution is 5.55. The Bertz CT molecular complexity index is 674. The molecule has 0 spiro atoms. The third-order valence-electron chi connectivity index (χ3n) is 2.85. The van der Waals surface area contributed by atoms with Crippen molar-refractivity contribution in [1.82, 2.24) is 25.3 Å². The molecule has 1 aromatic carbocycles. The molecule has 0 unspecified atom stereocenters. The van der Waals surface area contributed by atoms with E-state index in [-0.39, 0.29) is 0 Å². The third kappa shape index (κ3) is 2.75. The van der Waals surface area contributed by atoms with Crippen LogP contribution in [0.1, 0.15) is 11.6 Å². The van der Waals surface area contributed by atoms with Crippen LogP contribution in [-0.2, 0) is 13.1 Å². The van der Waals surface area contributed by atoms with E-state index in [0.717, 1.165) is 17.0 Å². The van der Waals surface area contributed by atoms with Gasteiger partial charge < -0.3 is 9.73 Å². The average molecular weight is 269 g/mol. The van der Waals surface area contributed by atoms with Crippen molar-refractivity contribution in [2.75, 3.05) is 7.05 Å². The van der Waals surface area contributed by atoms with Gasteiger partial charge in [0.2, 0.25) is 5.89 Å². The van der Waals surface area contributed by atoms with Gasteiger partial charge in [-0.05, 0) is 7.05 Å². The number of oxazole rings is 1. The molecule has 0 atom stereocenters. The Morgan fingerprint density at radius 1 is 1.25 bits per heavy atom. The third-order valence-corrected chi connectivity index (χ3v) is 2.85. The summed E-state index contributed by atoms with van der Waals surface area (Å²) in [5.74, 6) is 1.38. The largest absolute Gasteiger partial charge is 0.439 e. The summed E-state index contributed by atoms with van der Waals surface area (Å²) in [6, 6.07) is 9.90. The van der Waals surface area contributed by atoms with Crippen molar-refractivity contribution in [1.29, 1.82) is 0 Å². The Hall–Kier alpha value is -2.47. The molecule has 2 aromatic heterocycles. The molecule has 6 heteroatoms. The van der Waals surface area contributed by atoms with E-state index in [0.29, 0.717) is 19.0 Å². The molecule has 0 fully saturated rings. The second kappa shape index (κ2) is 5.66. The minimum absolute atomic E-state index is 0.476. The van der Waals surface area contributed by atoms with E-state index >= 15 is 0 Å². The van der Waals surface area contributed by atoms with Crippen molar-refractivity contribution >= 4 is 0 Å². The Labute approximate surface area is 116 Å². The zero-order valence-corrected chi connectivity index (χ0v) is 11.2. The summed E-state index contributed by atoms with van der Waals surface area (Å²) < 4.78 is 7.44. The molecule has 0 aliphatic rings. The van der Waals surface area contributed by atoms with E-state index in [9.17, 15) is 0 Å². The number of aromatic nitrogens is 4. The lowest BCUT2D eigenvalue weighted by Gasteiger charge is -1.96. The van der Waals surface area contributed by atoms with Gasteiger partial charge in [0.15, 0.2) is 5.76 Å². The Morgan fingerprint density at radius 2 is 2.10 bits per heavy atom. The molecule has 0 saturated carbocycles. The normalized spacial score (nSPS) is 10.8. The second-order valence-corrected chi connectivity index (χ2v) is 4.42. The Balaban J connectivity index is 1.73. The molecule has 3 rings (SSSR count). The monoisotopic (exact) mass is 269 g/mol. The fourth-order valence-corrected chi connectivity index (χ4v) is 1.94. The number of benzene rings is 1. The van der Waals surface area contributed by atoms with Crippen molar-refractivity contribution in [2.45, 2.75) is 13.1 Å². The summed E-state index contributed by atoms with van der Waals surface area (Å²) >= 11 is 0. The SMILES string of the molecule is CNCc1cn(Cc2ncc(-c3ccccc3)o2)nn1. The number of nitrogens with zero attached hydrogens (tertiary/aromatic N) is 4. The zero-order valence-electron chi connectivity index (χ0n) is 11.2. The highest BCUT2D eigenvalue weighted by atomic mass is 16.4. The molecular formula is C14H15N5O. The van der Waals surface area contributed by atoms with E-state index < -0.39 is 0 Å². The van der Waals surface area contributed by atoms with Gasteiger partial charge in [-0.15, -0.1) is 5.10 Å². The summed E-state index contributed by atoms with van der Waals surface area (Å²) in [5.41, 5.74) is 1.91. The summed E-state index contributed by atoms with van der Waals surface area (Å²) in [4.78, 5) is 4.27. The Kier molecular flexibility index (Phi) is 3.56. The lowest BCUT2D eigenvalue weighted by molar-refractivity contribution is 0.469. The van der Waals surface area contributed by atoms with E-state index in [1.54, 1.807) is 10.9 Å². The van der Waals surface area contributed by atoms with Crippen LogP contribution in [-0.4, -0.2) is 27.0 Å². The molecule has 3 aromatic rings. The molecular weight excluding hydrogens is 254 g/mol. The standard InChI is InChI=1S/C14H15N5O/c1-15-7-12-9-19(18-17-12)10-14-16-8-13(20-14)11-5-3-2-4-6-11/h2-6,8-9,15H,7,10H2,1H3. The summed E-state index contributed by atoms with van der Waals surface area (Å²) in [6.45, 7) is 1.17. The lowest BCUT2D eigenvalue weighted by Crippen LogP contribution is -2.05. The van der Waals surface area contributed by atoms with Gasteiger partial charge >= 0.3 is 0 Å². The highest BCUT2D eigenvalue weighted by Gasteiger charge is 2.08. The highest BCUT2D eigenvalue weighted by Crippen LogP contribution is 2.19. The first-order valence-electron chi connectivity index (χ1n) is 6.39. The Morgan fingerprint density at radius 3 is 2.90 bits per heavy atom. The molecule has 0 aliphatic carbocycles. The predicted molar refractivity (Wildman–Crippen MR) is 73.8 cm³/mol. The summed E-state index contributed by atoms with van der Waals surface area (Å²) in [6.07, 6.45) is 3.61. The smallest absolute Gasteiger partial charge is 0.216 e. The van der Waals surface area contributed by atoms with Crippen molar-refractivity contribution in [3.8, 4) is 11.3 Å². The van der Waals surface area contributed by atoms with Gasteiger partial charge in [0.25, 0.3) is 0 Å². The van der Waals surface area contributed by atoms with Crippen LogP contribution in [0, 0.1) is 0 Å². The van der Waals surface area contributed by atoms with Gasteiger partial charge in [-0.25, -0.2) is 9.67 Å². The number of hydrogen-bond acceptors (Lipinski definition) is 5. The molecule has 0 radical (unpaired) electrons. The van der Waals surface area contributed by atoms with Gasteiger partial charge in [0.1, 0.15) is 6.54 Å². The van der Waals surface area contributed by atoms with Crippen LogP contribution >= 0.6 is 0 Å². The van der Waals surface area contributed by atoms with Crippen LogP contribution in [0.4, 0.5) is 0 Å². The van der Waals surface area contributed by atoms with E-state index in [1.165, 1.54) is 0 Å². The van der Waals surface area contributed by atoms with Gasteiger partial charge in [-0.3, -0.25) is 0 Å². The van der Waals surface area contributed by atoms with E-state index in [1.807, 2.05) is 43.6 Å². The molecule has 1 N–H and O–H groups in total. The van der Waals surface area contributed by atoms with E-state index in [4.69, 9.17) is 4.42 Å². The van der Waals surface area contributed by atoms with Gasteiger partial charge in [0.05, 0.1) is 18.1 Å². The van der Waals surface area contributed by atoms with Crippen LogP contribution in [0.15, 0.2) is 47.1 Å². The molecule has 0 aliphatic heterocycles. The minimum atomic E-state index is 0.476. The lowest BCUT2D eigenvalue weighted by atomic mass is 10.2. The molecule has 0 saturated heterocycles. The fourth-order valence-electron chi connectivity index (χ4n) is 1.94. The van der Waals surface area contributed by atoms with Crippen LogP contribution in [0.25, 0.3) is 11.3 Å². The fraction of sp³-hybridized carbons (Fsp3) is 0.214.